The van der Waals surface area contributed by atoms with Gasteiger partial charge in [0.2, 0.25) is 0 Å². The van der Waals surface area contributed by atoms with E-state index in [0.29, 0.717) is 48.9 Å². The van der Waals surface area contributed by atoms with Crippen molar-refractivity contribution in [3.63, 3.8) is 0 Å². The van der Waals surface area contributed by atoms with E-state index in [9.17, 15) is 35.9 Å². The quantitative estimate of drug-likeness (QED) is 0.129. The minimum atomic E-state index is -4.43. The number of amides is 2. The molecule has 2 aliphatic rings. The van der Waals surface area contributed by atoms with Crippen LogP contribution in [-0.4, -0.2) is 84.8 Å². The number of hydrogen-bond donors (Lipinski definition) is 2. The molecular weight excluding hydrogens is 897 g/mol. The molecule has 2 N–H and O–H groups in total. The van der Waals surface area contributed by atoms with E-state index in [1.807, 2.05) is 79.1 Å². The molecule has 2 aromatic carbocycles. The van der Waals surface area contributed by atoms with E-state index < -0.39 is 23.5 Å². The molecule has 2 amide bonds. The Bertz CT molecular complexity index is 2680. The van der Waals surface area contributed by atoms with Crippen LogP contribution >= 0.6 is 0 Å². The average Bonchev–Trinajstić information content (AvgIpc) is 3.33. The van der Waals surface area contributed by atoms with Gasteiger partial charge in [0.25, 0.3) is 11.8 Å². The number of carbonyl (C=O) groups is 2. The number of rotatable bonds is 10. The van der Waals surface area contributed by atoms with Gasteiger partial charge < -0.3 is 20.4 Å². The zero-order valence-corrected chi connectivity index (χ0v) is 39.1. The summed E-state index contributed by atoms with van der Waals surface area (Å²) in [7, 11) is 0. The number of hydrogen-bond acceptors (Lipinski definition) is 9. The Morgan fingerprint density at radius 2 is 1.04 bits per heavy atom. The summed E-state index contributed by atoms with van der Waals surface area (Å²) in [5.41, 5.74) is 5.75. The maximum atomic E-state index is 13.9. The SMILES string of the molecule is Cc1ccc(-c2ccc(C)nc2)c(C(=O)N2CCC[C@@H](C)[C@H]2CNc2ccc(C(F)(F)F)cn2)c1.Cc1ccc(-c2cncnc2)c(C(=O)N2CCC[C@@H](C)[C@H]2CNc2ccc(C(F)(F)F)cn2)c1. The topological polar surface area (TPSA) is 129 Å². The molecule has 0 radical (unpaired) electrons. The van der Waals surface area contributed by atoms with Crippen molar-refractivity contribution in [1.82, 2.24) is 34.7 Å². The van der Waals surface area contributed by atoms with Gasteiger partial charge >= 0.3 is 12.4 Å². The van der Waals surface area contributed by atoms with E-state index in [4.69, 9.17) is 0 Å². The number of anilines is 2. The Balaban J connectivity index is 0.000000204. The Hall–Kier alpha value is -6.91. The molecule has 362 valence electrons. The van der Waals surface area contributed by atoms with E-state index in [2.05, 4.69) is 49.4 Å². The molecule has 0 spiro atoms. The number of piperidine rings is 2. The van der Waals surface area contributed by atoms with Gasteiger partial charge in [0.05, 0.1) is 23.2 Å². The van der Waals surface area contributed by atoms with E-state index in [-0.39, 0.29) is 35.7 Å². The molecule has 2 saturated heterocycles. The number of aromatic nitrogens is 5. The van der Waals surface area contributed by atoms with Gasteiger partial charge in [-0.05, 0) is 112 Å². The third-order valence-corrected chi connectivity index (χ3v) is 12.8. The van der Waals surface area contributed by atoms with Crippen molar-refractivity contribution in [2.24, 2.45) is 11.8 Å². The van der Waals surface area contributed by atoms with Crippen molar-refractivity contribution in [2.45, 2.75) is 84.7 Å². The molecule has 8 rings (SSSR count). The van der Waals surface area contributed by atoms with Gasteiger partial charge in [-0.25, -0.2) is 19.9 Å². The highest BCUT2D eigenvalue weighted by atomic mass is 19.4. The molecule has 6 aromatic rings. The van der Waals surface area contributed by atoms with Crippen LogP contribution in [0.1, 0.15) is 88.2 Å². The number of nitrogens with one attached hydrogen (secondary N) is 2. The molecule has 0 unspecified atom stereocenters. The fourth-order valence-electron chi connectivity index (χ4n) is 8.92. The lowest BCUT2D eigenvalue weighted by Gasteiger charge is -2.40. The van der Waals surface area contributed by atoms with Crippen molar-refractivity contribution in [2.75, 3.05) is 36.8 Å². The summed E-state index contributed by atoms with van der Waals surface area (Å²) in [6, 6.07) is 19.9. The summed E-state index contributed by atoms with van der Waals surface area (Å²) in [4.78, 5) is 51.8. The second-order valence-electron chi connectivity index (χ2n) is 17.9. The van der Waals surface area contributed by atoms with Crippen LogP contribution in [-0.2, 0) is 12.4 Å². The monoisotopic (exact) mass is 951 g/mol. The van der Waals surface area contributed by atoms with E-state index in [0.717, 1.165) is 89.3 Å². The van der Waals surface area contributed by atoms with Gasteiger partial charge in [-0.1, -0.05) is 55.3 Å². The zero-order valence-electron chi connectivity index (χ0n) is 39.1. The van der Waals surface area contributed by atoms with Crippen LogP contribution in [0.3, 0.4) is 0 Å². The summed E-state index contributed by atoms with van der Waals surface area (Å²) in [5, 5.41) is 6.27. The number of halogens is 6. The molecular formula is C52H55F6N9O2. The third kappa shape index (κ3) is 12.4. The van der Waals surface area contributed by atoms with Crippen LogP contribution in [0.5, 0.6) is 0 Å². The van der Waals surface area contributed by atoms with Gasteiger partial charge in [0.15, 0.2) is 0 Å². The molecule has 11 nitrogen and oxygen atoms in total. The normalized spacial score (nSPS) is 18.5. The minimum Gasteiger partial charge on any atom is -0.368 e. The van der Waals surface area contributed by atoms with Crippen molar-refractivity contribution in [3.05, 3.63) is 149 Å². The third-order valence-electron chi connectivity index (χ3n) is 12.8. The predicted octanol–water partition coefficient (Wildman–Crippen LogP) is 11.4. The number of benzene rings is 2. The van der Waals surface area contributed by atoms with Crippen molar-refractivity contribution < 1.29 is 35.9 Å². The Morgan fingerprint density at radius 3 is 1.45 bits per heavy atom. The zero-order chi connectivity index (χ0) is 49.5. The number of nitrogens with zero attached hydrogens (tertiary/aromatic N) is 7. The molecule has 17 heteroatoms. The summed E-state index contributed by atoms with van der Waals surface area (Å²) in [5.74, 6) is 1.00. The van der Waals surface area contributed by atoms with Gasteiger partial charge in [-0.3, -0.25) is 14.6 Å². The first-order chi connectivity index (χ1) is 32.9. The van der Waals surface area contributed by atoms with Crippen molar-refractivity contribution in [1.29, 1.82) is 0 Å². The van der Waals surface area contributed by atoms with E-state index in [1.165, 1.54) is 18.5 Å². The Kier molecular flexibility index (Phi) is 15.6. The van der Waals surface area contributed by atoms with Gasteiger partial charge in [-0.15, -0.1) is 0 Å². The summed E-state index contributed by atoms with van der Waals surface area (Å²) < 4.78 is 77.0. The molecule has 0 saturated carbocycles. The summed E-state index contributed by atoms with van der Waals surface area (Å²) in [6.45, 7) is 12.0. The van der Waals surface area contributed by atoms with Crippen LogP contribution in [0.15, 0.2) is 110 Å². The number of carbonyl (C=O) groups excluding carboxylic acids is 2. The lowest BCUT2D eigenvalue weighted by molar-refractivity contribution is -0.138. The van der Waals surface area contributed by atoms with E-state index in [1.54, 1.807) is 18.6 Å². The lowest BCUT2D eigenvalue weighted by Crippen LogP contribution is -2.51. The lowest BCUT2D eigenvalue weighted by atomic mass is 9.89. The molecule has 69 heavy (non-hydrogen) atoms. The first-order valence-corrected chi connectivity index (χ1v) is 22.9. The standard InChI is InChI=1S/C27H29F3N4O.C25H26F3N5O/c1-17-6-10-22(20-8-7-19(3)31-14-20)23(13-17)26(35)34-12-4-5-18(2)24(34)16-33-25-11-9-21(15-32-25)27(28,29)30;1-16-5-7-20(18-11-29-15-30-12-18)21(10-16)24(34)33-9-3-4-17(2)22(33)14-32-23-8-6-19(13-31-23)25(26,27)28/h6-11,13-15,18,24H,4-5,12,16H2,1-3H3,(H,32,33);5-8,10-13,15,17,22H,3-4,9,14H2,1-2H3,(H,31,32)/t18-,24-;17-,22-/m11/s1. The van der Waals surface area contributed by atoms with Crippen LogP contribution in [0, 0.1) is 32.6 Å². The largest absolute Gasteiger partial charge is 0.417 e. The van der Waals surface area contributed by atoms with Crippen LogP contribution in [0.4, 0.5) is 38.0 Å². The minimum absolute atomic E-state index is 0.0528. The maximum absolute atomic E-state index is 13.9. The van der Waals surface area contributed by atoms with Crippen LogP contribution in [0.25, 0.3) is 22.3 Å². The summed E-state index contributed by atoms with van der Waals surface area (Å²) >= 11 is 0. The maximum Gasteiger partial charge on any atom is 0.417 e. The second kappa shape index (κ2) is 21.6. The van der Waals surface area contributed by atoms with Crippen LogP contribution < -0.4 is 10.6 Å². The fourth-order valence-corrected chi connectivity index (χ4v) is 8.92. The van der Waals surface area contributed by atoms with Gasteiger partial charge in [0.1, 0.15) is 18.0 Å². The highest BCUT2D eigenvalue weighted by molar-refractivity contribution is 6.02. The Morgan fingerprint density at radius 1 is 0.580 bits per heavy atom. The molecule has 4 aromatic heterocycles. The summed E-state index contributed by atoms with van der Waals surface area (Å²) in [6.07, 6.45) is 3.10. The highest BCUT2D eigenvalue weighted by Gasteiger charge is 2.36. The predicted molar refractivity (Wildman–Crippen MR) is 253 cm³/mol. The second-order valence-corrected chi connectivity index (χ2v) is 17.9. The van der Waals surface area contributed by atoms with Crippen molar-refractivity contribution in [3.8, 4) is 22.3 Å². The molecule has 6 heterocycles. The number of alkyl halides is 6. The number of aryl methyl sites for hydroxylation is 3. The van der Waals surface area contributed by atoms with Crippen molar-refractivity contribution >= 4 is 23.5 Å². The first-order valence-electron chi connectivity index (χ1n) is 22.9. The smallest absolute Gasteiger partial charge is 0.368 e. The molecule has 2 aliphatic heterocycles. The number of pyridine rings is 3. The van der Waals surface area contributed by atoms with E-state index >= 15 is 0 Å². The average molecular weight is 952 g/mol. The first kappa shape index (κ1) is 50.0. The van der Waals surface area contributed by atoms with Crippen LogP contribution in [0.2, 0.25) is 0 Å². The number of likely N-dealkylation sites (tertiary alicyclic amines) is 2. The van der Waals surface area contributed by atoms with Gasteiger partial charge in [0, 0.05) is 85.1 Å². The molecule has 0 bridgehead atoms. The molecule has 0 aliphatic carbocycles. The highest BCUT2D eigenvalue weighted by Crippen LogP contribution is 2.34. The molecule has 2 fully saturated rings. The fraction of sp³-hybridized carbons (Fsp3) is 0.365. The Labute approximate surface area is 397 Å². The molecule has 4 atom stereocenters. The van der Waals surface area contributed by atoms with Gasteiger partial charge in [-0.2, -0.15) is 26.3 Å².